The van der Waals surface area contributed by atoms with Crippen molar-refractivity contribution < 1.29 is 19.1 Å². The lowest BCUT2D eigenvalue weighted by Crippen LogP contribution is -3.15. The van der Waals surface area contributed by atoms with Crippen molar-refractivity contribution >= 4 is 0 Å². The second-order valence-electron chi connectivity index (χ2n) is 5.87. The quantitative estimate of drug-likeness (QED) is 0.774. The van der Waals surface area contributed by atoms with Crippen LogP contribution in [0.4, 0.5) is 0 Å². The molecule has 4 heteroatoms. The minimum absolute atomic E-state index is 0.383. The predicted octanol–water partition coefficient (Wildman–Crippen LogP) is 1.55. The third kappa shape index (κ3) is 5.21. The van der Waals surface area contributed by atoms with Crippen molar-refractivity contribution in [2.24, 2.45) is 0 Å². The van der Waals surface area contributed by atoms with Gasteiger partial charge in [-0.2, -0.15) is 0 Å². The minimum atomic E-state index is 0.383. The number of unbranched alkanes of at least 4 members (excludes halogenated alkanes) is 1. The van der Waals surface area contributed by atoms with Gasteiger partial charge in [-0.15, -0.1) is 0 Å². The monoisotopic (exact) mass is 294 g/mol. The molecule has 1 fully saturated rings. The van der Waals surface area contributed by atoms with Gasteiger partial charge in [-0.25, -0.2) is 0 Å². The Morgan fingerprint density at radius 2 is 1.76 bits per heavy atom. The van der Waals surface area contributed by atoms with E-state index < -0.39 is 0 Å². The Bertz CT molecular complexity index is 414. The highest BCUT2D eigenvalue weighted by molar-refractivity contribution is 5.39. The van der Waals surface area contributed by atoms with Crippen molar-refractivity contribution in [2.45, 2.75) is 38.9 Å². The molecule has 4 nitrogen and oxygen atoms in total. The summed E-state index contributed by atoms with van der Waals surface area (Å²) in [5, 5.41) is 0. The molecule has 2 rings (SSSR count). The fourth-order valence-corrected chi connectivity index (χ4v) is 2.99. The third-order valence-corrected chi connectivity index (χ3v) is 3.87. The fraction of sp³-hybridized carbons (Fsp3) is 0.647. The van der Waals surface area contributed by atoms with Gasteiger partial charge in [0.15, 0.2) is 11.5 Å². The van der Waals surface area contributed by atoms with Crippen LogP contribution in [0.2, 0.25) is 0 Å². The Morgan fingerprint density at radius 1 is 1.10 bits per heavy atom. The summed E-state index contributed by atoms with van der Waals surface area (Å²) in [6.45, 7) is 8.53. The SMILES string of the molecule is COc1ccccc1OCCCC[NH+]1C[C@H](C)O[C@@H](C)C1. The van der Waals surface area contributed by atoms with Gasteiger partial charge in [-0.1, -0.05) is 12.1 Å². The number of hydrogen-bond donors (Lipinski definition) is 1. The topological polar surface area (TPSA) is 32.1 Å². The van der Waals surface area contributed by atoms with E-state index in [-0.39, 0.29) is 0 Å². The average Bonchev–Trinajstić information content (AvgIpc) is 2.46. The Hall–Kier alpha value is -1.26. The summed E-state index contributed by atoms with van der Waals surface area (Å²) in [5.74, 6) is 1.64. The zero-order valence-electron chi connectivity index (χ0n) is 13.4. The standard InChI is InChI=1S/C17H27NO3/c1-14-12-18(13-15(2)21-14)10-6-7-11-20-17-9-5-4-8-16(17)19-3/h4-5,8-9,14-15H,6-7,10-13H2,1-3H3/p+1/t14-,15-/m0/s1. The number of ether oxygens (including phenoxy) is 3. The smallest absolute Gasteiger partial charge is 0.161 e. The second kappa shape index (κ2) is 8.25. The van der Waals surface area contributed by atoms with Gasteiger partial charge in [0, 0.05) is 0 Å². The van der Waals surface area contributed by atoms with Crippen molar-refractivity contribution in [3.63, 3.8) is 0 Å². The van der Waals surface area contributed by atoms with E-state index in [1.165, 1.54) is 13.0 Å². The number of quaternary nitrogens is 1. The van der Waals surface area contributed by atoms with E-state index >= 15 is 0 Å². The van der Waals surface area contributed by atoms with E-state index in [9.17, 15) is 0 Å². The maximum atomic E-state index is 5.80. The lowest BCUT2D eigenvalue weighted by molar-refractivity contribution is -0.915. The summed E-state index contributed by atoms with van der Waals surface area (Å²) in [4.78, 5) is 1.65. The van der Waals surface area contributed by atoms with Crippen molar-refractivity contribution in [3.8, 4) is 11.5 Å². The fourth-order valence-electron chi connectivity index (χ4n) is 2.99. The van der Waals surface area contributed by atoms with Gasteiger partial charge >= 0.3 is 0 Å². The maximum Gasteiger partial charge on any atom is 0.161 e. The molecule has 1 aliphatic rings. The van der Waals surface area contributed by atoms with Crippen LogP contribution >= 0.6 is 0 Å². The van der Waals surface area contributed by atoms with Crippen molar-refractivity contribution in [2.75, 3.05) is 33.4 Å². The number of methoxy groups -OCH3 is 1. The van der Waals surface area contributed by atoms with Gasteiger partial charge < -0.3 is 19.1 Å². The number of rotatable bonds is 7. The molecular formula is C17H28NO3+. The first-order valence-corrected chi connectivity index (χ1v) is 7.94. The van der Waals surface area contributed by atoms with Gasteiger partial charge in [0.1, 0.15) is 25.3 Å². The normalized spacial score (nSPS) is 25.6. The summed E-state index contributed by atoms with van der Waals surface area (Å²) < 4.78 is 16.8. The lowest BCUT2D eigenvalue weighted by atomic mass is 10.2. The Labute approximate surface area is 128 Å². The summed E-state index contributed by atoms with van der Waals surface area (Å²) in [7, 11) is 1.67. The average molecular weight is 294 g/mol. The molecule has 2 atom stereocenters. The number of benzene rings is 1. The van der Waals surface area contributed by atoms with Crippen molar-refractivity contribution in [3.05, 3.63) is 24.3 Å². The lowest BCUT2D eigenvalue weighted by Gasteiger charge is -2.32. The zero-order valence-corrected chi connectivity index (χ0v) is 13.4. The molecule has 0 spiro atoms. The van der Waals surface area contributed by atoms with Crippen LogP contribution in [0.25, 0.3) is 0 Å². The van der Waals surface area contributed by atoms with Crippen LogP contribution in [0, 0.1) is 0 Å². The van der Waals surface area contributed by atoms with Gasteiger partial charge in [-0.05, 0) is 38.8 Å². The molecule has 0 unspecified atom stereocenters. The van der Waals surface area contributed by atoms with E-state index in [0.29, 0.717) is 12.2 Å². The largest absolute Gasteiger partial charge is 0.493 e. The molecule has 0 bridgehead atoms. The molecule has 118 valence electrons. The van der Waals surface area contributed by atoms with E-state index in [1.807, 2.05) is 24.3 Å². The molecule has 1 N–H and O–H groups in total. The molecular weight excluding hydrogens is 266 g/mol. The summed E-state index contributed by atoms with van der Waals surface area (Å²) in [6, 6.07) is 7.81. The molecule has 1 aromatic rings. The van der Waals surface area contributed by atoms with Crippen LogP contribution in [0.5, 0.6) is 11.5 Å². The van der Waals surface area contributed by atoms with Gasteiger partial charge in [0.2, 0.25) is 0 Å². The molecule has 1 saturated heterocycles. The molecule has 21 heavy (non-hydrogen) atoms. The highest BCUT2D eigenvalue weighted by atomic mass is 16.5. The maximum absolute atomic E-state index is 5.80. The first kappa shape index (κ1) is 16.1. The van der Waals surface area contributed by atoms with E-state index in [2.05, 4.69) is 13.8 Å². The molecule has 1 heterocycles. The highest BCUT2D eigenvalue weighted by Crippen LogP contribution is 2.25. The van der Waals surface area contributed by atoms with Crippen molar-refractivity contribution in [1.29, 1.82) is 0 Å². The van der Waals surface area contributed by atoms with Crippen LogP contribution in [-0.2, 0) is 4.74 Å². The Morgan fingerprint density at radius 3 is 2.43 bits per heavy atom. The first-order chi connectivity index (χ1) is 10.2. The molecule has 0 aliphatic carbocycles. The van der Waals surface area contributed by atoms with Gasteiger partial charge in [-0.3, -0.25) is 0 Å². The number of nitrogens with one attached hydrogen (secondary N) is 1. The van der Waals surface area contributed by atoms with Crippen molar-refractivity contribution in [1.82, 2.24) is 0 Å². The van der Waals surface area contributed by atoms with Crippen LogP contribution in [0.1, 0.15) is 26.7 Å². The Balaban J connectivity index is 1.64. The summed E-state index contributed by atoms with van der Waals surface area (Å²) in [6.07, 6.45) is 3.02. The van der Waals surface area contributed by atoms with Crippen LogP contribution in [-0.4, -0.2) is 45.6 Å². The van der Waals surface area contributed by atoms with Gasteiger partial charge in [0.25, 0.3) is 0 Å². The molecule has 0 aromatic heterocycles. The minimum Gasteiger partial charge on any atom is -0.493 e. The number of morpholine rings is 1. The van der Waals surface area contributed by atoms with Gasteiger partial charge in [0.05, 0.1) is 20.3 Å². The molecule has 0 radical (unpaired) electrons. The third-order valence-electron chi connectivity index (χ3n) is 3.87. The van der Waals surface area contributed by atoms with E-state index in [4.69, 9.17) is 14.2 Å². The molecule has 0 saturated carbocycles. The van der Waals surface area contributed by atoms with Crippen LogP contribution < -0.4 is 14.4 Å². The second-order valence-corrected chi connectivity index (χ2v) is 5.87. The Kier molecular flexibility index (Phi) is 6.33. The number of hydrogen-bond acceptors (Lipinski definition) is 3. The predicted molar refractivity (Wildman–Crippen MR) is 83.3 cm³/mol. The summed E-state index contributed by atoms with van der Waals surface area (Å²) in [5.41, 5.74) is 0. The molecule has 1 aromatic carbocycles. The first-order valence-electron chi connectivity index (χ1n) is 7.94. The van der Waals surface area contributed by atoms with Crippen LogP contribution in [0.15, 0.2) is 24.3 Å². The van der Waals surface area contributed by atoms with Crippen LogP contribution in [0.3, 0.4) is 0 Å². The zero-order chi connectivity index (χ0) is 15.1. The molecule has 0 amide bonds. The van der Waals surface area contributed by atoms with E-state index in [0.717, 1.165) is 37.6 Å². The highest BCUT2D eigenvalue weighted by Gasteiger charge is 2.24. The molecule has 1 aliphatic heterocycles. The number of para-hydroxylation sites is 2. The van der Waals surface area contributed by atoms with E-state index in [1.54, 1.807) is 12.0 Å². The summed E-state index contributed by atoms with van der Waals surface area (Å²) >= 11 is 0.